The molecule has 0 unspecified atom stereocenters. The van der Waals surface area contributed by atoms with Crippen molar-refractivity contribution in [3.63, 3.8) is 0 Å². The van der Waals surface area contributed by atoms with Crippen LogP contribution in [0.3, 0.4) is 0 Å². The van der Waals surface area contributed by atoms with Crippen LogP contribution < -0.4 is 0 Å². The molecule has 23 heavy (non-hydrogen) atoms. The maximum Gasteiger partial charge on any atom is 0.227 e. The molecule has 0 aliphatic carbocycles. The minimum Gasteiger partial charge on any atom is -0.391 e. The van der Waals surface area contributed by atoms with Crippen LogP contribution in [0.15, 0.2) is 48.8 Å². The van der Waals surface area contributed by atoms with Crippen molar-refractivity contribution in [3.8, 4) is 0 Å². The van der Waals surface area contributed by atoms with Crippen molar-refractivity contribution in [2.45, 2.75) is 31.4 Å². The van der Waals surface area contributed by atoms with Gasteiger partial charge in [0.1, 0.15) is 5.82 Å². The standard InChI is InChI=1S/C18H19FN2O2/c19-15-5-1-3-13(9-15)11-18(23)21-8-6-17(22)16(21)10-14-4-2-7-20-12-14/h1-5,7,9,12,16-17,22H,6,8,10-11H2/t16-,17-/m1/s1. The second-order valence-electron chi connectivity index (χ2n) is 5.88. The molecule has 3 rings (SSSR count). The molecule has 2 heterocycles. The summed E-state index contributed by atoms with van der Waals surface area (Å²) < 4.78 is 13.2. The van der Waals surface area contributed by atoms with Crippen LogP contribution in [0.2, 0.25) is 0 Å². The summed E-state index contributed by atoms with van der Waals surface area (Å²) in [5.41, 5.74) is 1.64. The average molecular weight is 314 g/mol. The van der Waals surface area contributed by atoms with Gasteiger partial charge in [-0.1, -0.05) is 18.2 Å². The van der Waals surface area contributed by atoms with Crippen LogP contribution in [0.25, 0.3) is 0 Å². The molecule has 1 aromatic carbocycles. The molecule has 0 saturated carbocycles. The molecule has 1 saturated heterocycles. The number of halogens is 1. The summed E-state index contributed by atoms with van der Waals surface area (Å²) in [6, 6.07) is 9.61. The van der Waals surface area contributed by atoms with Crippen molar-refractivity contribution in [2.24, 2.45) is 0 Å². The number of likely N-dealkylation sites (tertiary alicyclic amines) is 1. The highest BCUT2D eigenvalue weighted by Gasteiger charge is 2.35. The summed E-state index contributed by atoms with van der Waals surface area (Å²) in [6.07, 6.45) is 4.20. The van der Waals surface area contributed by atoms with Crippen LogP contribution in [0, 0.1) is 5.82 Å². The van der Waals surface area contributed by atoms with Gasteiger partial charge in [-0.3, -0.25) is 9.78 Å². The van der Waals surface area contributed by atoms with Crippen LogP contribution >= 0.6 is 0 Å². The van der Waals surface area contributed by atoms with Gasteiger partial charge in [-0.05, 0) is 42.2 Å². The molecule has 2 atom stereocenters. The van der Waals surface area contributed by atoms with Crippen molar-refractivity contribution in [2.75, 3.05) is 6.54 Å². The maximum atomic E-state index is 13.2. The SMILES string of the molecule is O=C(Cc1cccc(F)c1)N1CC[C@@H](O)[C@H]1Cc1cccnc1. The van der Waals surface area contributed by atoms with E-state index in [2.05, 4.69) is 4.98 Å². The first-order valence-corrected chi connectivity index (χ1v) is 7.74. The molecular formula is C18H19FN2O2. The van der Waals surface area contributed by atoms with E-state index >= 15 is 0 Å². The van der Waals surface area contributed by atoms with E-state index in [1.807, 2.05) is 12.1 Å². The van der Waals surface area contributed by atoms with Crippen molar-refractivity contribution in [1.82, 2.24) is 9.88 Å². The Kier molecular flexibility index (Phi) is 4.67. The van der Waals surface area contributed by atoms with Gasteiger partial charge < -0.3 is 10.0 Å². The number of hydrogen-bond donors (Lipinski definition) is 1. The van der Waals surface area contributed by atoms with Crippen molar-refractivity contribution < 1.29 is 14.3 Å². The number of aliphatic hydroxyl groups is 1. The van der Waals surface area contributed by atoms with E-state index in [-0.39, 0.29) is 24.2 Å². The van der Waals surface area contributed by atoms with Crippen LogP contribution in [0.4, 0.5) is 4.39 Å². The summed E-state index contributed by atoms with van der Waals surface area (Å²) in [5, 5.41) is 10.2. The third-order valence-electron chi connectivity index (χ3n) is 4.24. The van der Waals surface area contributed by atoms with Crippen LogP contribution in [-0.2, 0) is 17.6 Å². The minimum atomic E-state index is -0.535. The predicted octanol–water partition coefficient (Wildman–Crippen LogP) is 1.97. The zero-order valence-corrected chi connectivity index (χ0v) is 12.7. The van der Waals surface area contributed by atoms with Gasteiger partial charge in [0, 0.05) is 18.9 Å². The fourth-order valence-corrected chi connectivity index (χ4v) is 3.08. The summed E-state index contributed by atoms with van der Waals surface area (Å²) in [4.78, 5) is 18.3. The topological polar surface area (TPSA) is 53.4 Å². The Morgan fingerprint density at radius 1 is 1.30 bits per heavy atom. The smallest absolute Gasteiger partial charge is 0.227 e. The highest BCUT2D eigenvalue weighted by molar-refractivity contribution is 5.79. The van der Waals surface area contributed by atoms with Crippen LogP contribution in [0.1, 0.15) is 17.5 Å². The number of carbonyl (C=O) groups excluding carboxylic acids is 1. The molecule has 4 nitrogen and oxygen atoms in total. The van der Waals surface area contributed by atoms with E-state index in [9.17, 15) is 14.3 Å². The Morgan fingerprint density at radius 3 is 2.87 bits per heavy atom. The van der Waals surface area contributed by atoms with Crippen molar-refractivity contribution in [3.05, 3.63) is 65.7 Å². The lowest BCUT2D eigenvalue weighted by molar-refractivity contribution is -0.132. The summed E-state index contributed by atoms with van der Waals surface area (Å²) in [5.74, 6) is -0.426. The molecule has 1 fully saturated rings. The van der Waals surface area contributed by atoms with Gasteiger partial charge in [0.05, 0.1) is 18.6 Å². The highest BCUT2D eigenvalue weighted by atomic mass is 19.1. The Hall–Kier alpha value is -2.27. The zero-order valence-electron chi connectivity index (χ0n) is 12.7. The maximum absolute atomic E-state index is 13.2. The molecule has 1 aliphatic rings. The molecule has 0 radical (unpaired) electrons. The first-order valence-electron chi connectivity index (χ1n) is 7.74. The molecule has 0 spiro atoms. The second kappa shape index (κ2) is 6.87. The Labute approximate surface area is 134 Å². The van der Waals surface area contributed by atoms with Gasteiger partial charge in [0.2, 0.25) is 5.91 Å². The third kappa shape index (κ3) is 3.74. The van der Waals surface area contributed by atoms with Crippen LogP contribution in [0.5, 0.6) is 0 Å². The summed E-state index contributed by atoms with van der Waals surface area (Å²) >= 11 is 0. The number of nitrogens with zero attached hydrogens (tertiary/aromatic N) is 2. The number of amides is 1. The number of carbonyl (C=O) groups is 1. The molecule has 1 amide bonds. The number of aliphatic hydroxyl groups excluding tert-OH is 1. The van der Waals surface area contributed by atoms with Gasteiger partial charge in [-0.15, -0.1) is 0 Å². The fourth-order valence-electron chi connectivity index (χ4n) is 3.08. The summed E-state index contributed by atoms with van der Waals surface area (Å²) in [7, 11) is 0. The second-order valence-corrected chi connectivity index (χ2v) is 5.88. The lowest BCUT2D eigenvalue weighted by Crippen LogP contribution is -2.41. The average Bonchev–Trinajstić information content (AvgIpc) is 2.89. The molecule has 1 aromatic heterocycles. The highest BCUT2D eigenvalue weighted by Crippen LogP contribution is 2.23. The van der Waals surface area contributed by atoms with E-state index in [1.54, 1.807) is 29.4 Å². The van der Waals surface area contributed by atoms with Crippen molar-refractivity contribution >= 4 is 5.91 Å². The molecule has 1 N–H and O–H groups in total. The number of hydrogen-bond acceptors (Lipinski definition) is 3. The Bertz CT molecular complexity index is 678. The predicted molar refractivity (Wildman–Crippen MR) is 84.2 cm³/mol. The molecule has 0 bridgehead atoms. The summed E-state index contributed by atoms with van der Waals surface area (Å²) in [6.45, 7) is 0.528. The van der Waals surface area contributed by atoms with E-state index < -0.39 is 6.10 Å². The number of rotatable bonds is 4. The van der Waals surface area contributed by atoms with Crippen LogP contribution in [-0.4, -0.2) is 39.6 Å². The largest absolute Gasteiger partial charge is 0.391 e. The third-order valence-corrected chi connectivity index (χ3v) is 4.24. The number of benzene rings is 1. The van der Waals surface area contributed by atoms with Gasteiger partial charge in [0.25, 0.3) is 0 Å². The van der Waals surface area contributed by atoms with Gasteiger partial charge in [0.15, 0.2) is 0 Å². The Morgan fingerprint density at radius 2 is 2.13 bits per heavy atom. The molecule has 120 valence electrons. The Balaban J connectivity index is 1.71. The number of pyridine rings is 1. The van der Waals surface area contributed by atoms with Gasteiger partial charge in [-0.2, -0.15) is 0 Å². The normalized spacial score (nSPS) is 20.7. The number of aromatic nitrogens is 1. The van der Waals surface area contributed by atoms with E-state index in [1.165, 1.54) is 12.1 Å². The monoisotopic (exact) mass is 314 g/mol. The van der Waals surface area contributed by atoms with E-state index in [0.717, 1.165) is 5.56 Å². The molecular weight excluding hydrogens is 295 g/mol. The van der Waals surface area contributed by atoms with E-state index in [4.69, 9.17) is 0 Å². The quantitative estimate of drug-likeness (QED) is 0.939. The lowest BCUT2D eigenvalue weighted by atomic mass is 10.0. The molecule has 2 aromatic rings. The first-order chi connectivity index (χ1) is 11.1. The van der Waals surface area contributed by atoms with Crippen molar-refractivity contribution in [1.29, 1.82) is 0 Å². The molecule has 5 heteroatoms. The minimum absolute atomic E-state index is 0.0824. The zero-order chi connectivity index (χ0) is 16.2. The van der Waals surface area contributed by atoms with E-state index in [0.29, 0.717) is 24.9 Å². The molecule has 1 aliphatic heterocycles. The van der Waals surface area contributed by atoms with Gasteiger partial charge in [-0.25, -0.2) is 4.39 Å². The fraction of sp³-hybridized carbons (Fsp3) is 0.333. The van der Waals surface area contributed by atoms with Gasteiger partial charge >= 0.3 is 0 Å². The first kappa shape index (κ1) is 15.6. The lowest BCUT2D eigenvalue weighted by Gasteiger charge is -2.26.